The Morgan fingerprint density at radius 1 is 0.966 bits per heavy atom. The highest BCUT2D eigenvalue weighted by Gasteiger charge is 2.33. The van der Waals surface area contributed by atoms with Crippen molar-refractivity contribution in [1.82, 2.24) is 0 Å². The molecule has 0 aromatic carbocycles. The Bertz CT molecular complexity index is 376. The first-order valence-electron chi connectivity index (χ1n) is 12.7. The van der Waals surface area contributed by atoms with Gasteiger partial charge in [-0.3, -0.25) is 0 Å². The fraction of sp³-hybridized carbons (Fsp3) is 0.821. The van der Waals surface area contributed by atoms with Crippen molar-refractivity contribution in [3.8, 4) is 0 Å². The molecule has 0 heterocycles. The molecule has 3 atom stereocenters. The largest absolute Gasteiger partial charge is 0.300 e. The minimum absolute atomic E-state index is 0.338. The van der Waals surface area contributed by atoms with Crippen LogP contribution in [0, 0.1) is 23.7 Å². The number of carbonyl (C=O) groups is 1. The number of ketones is 1. The molecule has 0 saturated heterocycles. The van der Waals surface area contributed by atoms with Gasteiger partial charge in [0.15, 0.2) is 0 Å². The third-order valence-corrected chi connectivity index (χ3v) is 5.88. The lowest BCUT2D eigenvalue weighted by Gasteiger charge is -2.39. The van der Waals surface area contributed by atoms with Crippen LogP contribution in [-0.2, 0) is 4.79 Å². The summed E-state index contributed by atoms with van der Waals surface area (Å²) < 4.78 is 0. The van der Waals surface area contributed by atoms with Gasteiger partial charge in [0, 0.05) is 6.42 Å². The van der Waals surface area contributed by atoms with Crippen LogP contribution in [0.25, 0.3) is 0 Å². The molecule has 29 heavy (non-hydrogen) atoms. The predicted molar refractivity (Wildman–Crippen MR) is 136 cm³/mol. The van der Waals surface area contributed by atoms with E-state index < -0.39 is 0 Å². The molecule has 0 radical (unpaired) electrons. The normalized spacial score (nSPS) is 22.9. The molecule has 2 fully saturated rings. The fourth-order valence-electron chi connectivity index (χ4n) is 4.50. The molecule has 2 saturated carbocycles. The van der Waals surface area contributed by atoms with Crippen LogP contribution in [0.3, 0.4) is 0 Å². The number of rotatable bonds is 6. The molecule has 0 amide bonds. The fourth-order valence-corrected chi connectivity index (χ4v) is 4.50. The Kier molecular flexibility index (Phi) is 26.5. The van der Waals surface area contributed by atoms with E-state index in [1.807, 2.05) is 48.5 Å². The van der Waals surface area contributed by atoms with E-state index in [2.05, 4.69) is 20.1 Å². The molecule has 0 bridgehead atoms. The lowest BCUT2D eigenvalue weighted by atomic mass is 9.66. The van der Waals surface area contributed by atoms with E-state index in [0.717, 1.165) is 30.6 Å². The van der Waals surface area contributed by atoms with E-state index in [0.29, 0.717) is 11.7 Å². The van der Waals surface area contributed by atoms with Gasteiger partial charge in [0.05, 0.1) is 0 Å². The van der Waals surface area contributed by atoms with Crippen molar-refractivity contribution in [3.63, 3.8) is 0 Å². The van der Waals surface area contributed by atoms with E-state index in [1.54, 1.807) is 13.0 Å². The number of allylic oxidation sites excluding steroid dienone is 2. The van der Waals surface area contributed by atoms with Crippen molar-refractivity contribution in [2.75, 3.05) is 0 Å². The Morgan fingerprint density at radius 3 is 1.90 bits per heavy atom. The van der Waals surface area contributed by atoms with Crippen LogP contribution >= 0.6 is 0 Å². The molecule has 1 nitrogen and oxygen atoms in total. The third kappa shape index (κ3) is 15.6. The second-order valence-corrected chi connectivity index (χ2v) is 7.82. The summed E-state index contributed by atoms with van der Waals surface area (Å²) in [5.74, 6) is 3.55. The molecular formula is C28H56O. The van der Waals surface area contributed by atoms with Crippen LogP contribution in [-0.4, -0.2) is 5.78 Å². The molecule has 0 aliphatic heterocycles. The van der Waals surface area contributed by atoms with Gasteiger partial charge < -0.3 is 4.79 Å². The Morgan fingerprint density at radius 2 is 1.45 bits per heavy atom. The van der Waals surface area contributed by atoms with Crippen molar-refractivity contribution in [2.24, 2.45) is 23.7 Å². The van der Waals surface area contributed by atoms with Crippen LogP contribution < -0.4 is 0 Å². The zero-order valence-electron chi connectivity index (χ0n) is 21.8. The van der Waals surface area contributed by atoms with Gasteiger partial charge in [-0.25, -0.2) is 0 Å². The van der Waals surface area contributed by atoms with Crippen molar-refractivity contribution in [3.05, 3.63) is 24.8 Å². The standard InChI is InChI=1S/C19H32O.C3H6.3C2H6/c1-14-8-9-15(2)19(18(14)12-10-16(3)20)13-11-17-6-4-5-7-17;1-3-2;3*1-2/h15,17-19H,1,4-13H2,2-3H3;3H,1H2,2H3;3*1-2H3. The number of Topliss-reactive ketones (excluding diaryl/α,β-unsaturated/α-hetero) is 1. The molecule has 0 aromatic rings. The van der Waals surface area contributed by atoms with Crippen molar-refractivity contribution in [1.29, 1.82) is 0 Å². The Hall–Kier alpha value is -0.850. The minimum Gasteiger partial charge on any atom is -0.300 e. The summed E-state index contributed by atoms with van der Waals surface area (Å²) in [5, 5.41) is 0. The first-order chi connectivity index (χ1) is 14.0. The zero-order chi connectivity index (χ0) is 23.2. The summed E-state index contributed by atoms with van der Waals surface area (Å²) in [6, 6.07) is 0. The number of hydrogen-bond acceptors (Lipinski definition) is 1. The highest BCUT2D eigenvalue weighted by atomic mass is 16.1. The molecule has 2 aliphatic rings. The average molecular weight is 409 g/mol. The van der Waals surface area contributed by atoms with Gasteiger partial charge >= 0.3 is 0 Å². The summed E-state index contributed by atoms with van der Waals surface area (Å²) in [6.07, 6.45) is 14.6. The van der Waals surface area contributed by atoms with E-state index in [9.17, 15) is 4.79 Å². The summed E-state index contributed by atoms with van der Waals surface area (Å²) in [6.45, 7) is 25.7. The van der Waals surface area contributed by atoms with Gasteiger partial charge in [0.25, 0.3) is 0 Å². The van der Waals surface area contributed by atoms with Crippen LogP contribution in [0.5, 0.6) is 0 Å². The highest BCUT2D eigenvalue weighted by Crippen LogP contribution is 2.44. The molecule has 3 unspecified atom stereocenters. The molecular weight excluding hydrogens is 352 g/mol. The predicted octanol–water partition coefficient (Wildman–Crippen LogP) is 9.82. The summed E-state index contributed by atoms with van der Waals surface area (Å²) in [4.78, 5) is 11.3. The topological polar surface area (TPSA) is 17.1 Å². The van der Waals surface area contributed by atoms with E-state index in [-0.39, 0.29) is 0 Å². The maximum atomic E-state index is 11.3. The van der Waals surface area contributed by atoms with E-state index in [4.69, 9.17) is 0 Å². The maximum Gasteiger partial charge on any atom is 0.129 e. The molecule has 0 aromatic heterocycles. The second-order valence-electron chi connectivity index (χ2n) is 7.82. The molecule has 0 spiro atoms. The molecule has 2 aliphatic carbocycles. The lowest BCUT2D eigenvalue weighted by molar-refractivity contribution is -0.117. The van der Waals surface area contributed by atoms with Gasteiger partial charge in [-0.2, -0.15) is 0 Å². The van der Waals surface area contributed by atoms with Gasteiger partial charge in [0.2, 0.25) is 0 Å². The smallest absolute Gasteiger partial charge is 0.129 e. The van der Waals surface area contributed by atoms with Crippen molar-refractivity contribution in [2.45, 2.75) is 127 Å². The quantitative estimate of drug-likeness (QED) is 0.399. The Balaban J connectivity index is -0.000000656. The van der Waals surface area contributed by atoms with E-state index in [1.165, 1.54) is 56.9 Å². The lowest BCUT2D eigenvalue weighted by Crippen LogP contribution is -2.29. The van der Waals surface area contributed by atoms with Gasteiger partial charge in [0.1, 0.15) is 5.78 Å². The van der Waals surface area contributed by atoms with Crippen LogP contribution in [0.4, 0.5) is 0 Å². The monoisotopic (exact) mass is 408 g/mol. The maximum absolute atomic E-state index is 11.3. The first-order valence-corrected chi connectivity index (χ1v) is 12.7. The minimum atomic E-state index is 0.338. The van der Waals surface area contributed by atoms with Gasteiger partial charge in [-0.05, 0) is 63.2 Å². The second kappa shape index (κ2) is 23.4. The van der Waals surface area contributed by atoms with Crippen LogP contribution in [0.2, 0.25) is 0 Å². The SMILES string of the molecule is C=C1CCC(C)C(CCC2CCCC2)C1CCC(C)=O.C=CC.CC.CC.CC. The molecule has 174 valence electrons. The molecule has 2 rings (SSSR count). The summed E-state index contributed by atoms with van der Waals surface area (Å²) in [7, 11) is 0. The zero-order valence-corrected chi connectivity index (χ0v) is 21.8. The molecule has 1 heteroatoms. The first kappa shape index (κ1) is 32.8. The number of carbonyl (C=O) groups excluding carboxylic acids is 1. The summed E-state index contributed by atoms with van der Waals surface area (Å²) in [5.41, 5.74) is 1.43. The third-order valence-electron chi connectivity index (χ3n) is 5.88. The van der Waals surface area contributed by atoms with Gasteiger partial charge in [-0.15, -0.1) is 6.58 Å². The van der Waals surface area contributed by atoms with Crippen molar-refractivity contribution < 1.29 is 4.79 Å². The van der Waals surface area contributed by atoms with Crippen LogP contribution in [0.15, 0.2) is 24.8 Å². The average Bonchev–Trinajstić information content (AvgIpc) is 3.26. The van der Waals surface area contributed by atoms with Gasteiger partial charge in [-0.1, -0.05) is 98.8 Å². The highest BCUT2D eigenvalue weighted by molar-refractivity contribution is 5.75. The van der Waals surface area contributed by atoms with Crippen LogP contribution in [0.1, 0.15) is 127 Å². The van der Waals surface area contributed by atoms with E-state index >= 15 is 0 Å². The number of hydrogen-bond donors (Lipinski definition) is 0. The summed E-state index contributed by atoms with van der Waals surface area (Å²) >= 11 is 0. The Labute approximate surface area is 185 Å². The van der Waals surface area contributed by atoms with Crippen molar-refractivity contribution >= 4 is 5.78 Å². The molecule has 0 N–H and O–H groups in total.